The van der Waals surface area contributed by atoms with Crippen LogP contribution in [0.3, 0.4) is 0 Å². The van der Waals surface area contributed by atoms with Crippen LogP contribution >= 0.6 is 11.6 Å². The van der Waals surface area contributed by atoms with Crippen molar-refractivity contribution in [2.45, 2.75) is 77.0 Å². The summed E-state index contributed by atoms with van der Waals surface area (Å²) in [6, 6.07) is 16.3. The summed E-state index contributed by atoms with van der Waals surface area (Å²) in [5.74, 6) is 2.87. The Balaban J connectivity index is 1.70. The van der Waals surface area contributed by atoms with Gasteiger partial charge in [0.2, 0.25) is 5.95 Å². The minimum absolute atomic E-state index is 0.355. The van der Waals surface area contributed by atoms with E-state index in [1.807, 2.05) is 24.3 Å². The molecule has 4 rings (SSSR count). The van der Waals surface area contributed by atoms with Gasteiger partial charge in [0.15, 0.2) is 5.82 Å². The average Bonchev–Trinajstić information content (AvgIpc) is 2.88. The van der Waals surface area contributed by atoms with E-state index in [1.54, 1.807) is 0 Å². The van der Waals surface area contributed by atoms with E-state index in [2.05, 4.69) is 50.0 Å². The molecular weight excluding hydrogens is 440 g/mol. The molecule has 0 radical (unpaired) electrons. The fourth-order valence-electron chi connectivity index (χ4n) is 5.01. The normalized spacial score (nSPS) is 15.1. The maximum Gasteiger partial charge on any atom is 0.231 e. The molecule has 1 unspecified atom stereocenters. The Kier molecular flexibility index (Phi) is 8.34. The van der Waals surface area contributed by atoms with Gasteiger partial charge in [0.1, 0.15) is 5.82 Å². The molecule has 0 amide bonds. The lowest BCUT2D eigenvalue weighted by Crippen LogP contribution is -2.14. The van der Waals surface area contributed by atoms with Crippen LogP contribution < -0.4 is 5.32 Å². The van der Waals surface area contributed by atoms with Crippen molar-refractivity contribution >= 4 is 23.2 Å². The quantitative estimate of drug-likeness (QED) is 0.337. The van der Waals surface area contributed by atoms with Gasteiger partial charge in [0.25, 0.3) is 0 Å². The Labute approximate surface area is 208 Å². The van der Waals surface area contributed by atoms with Crippen LogP contribution in [0, 0.1) is 0 Å². The summed E-state index contributed by atoms with van der Waals surface area (Å²) in [5, 5.41) is 4.07. The fraction of sp³-hybridized carbons (Fsp3) is 0.414. The van der Waals surface area contributed by atoms with Gasteiger partial charge in [-0.3, -0.25) is 0 Å². The fourth-order valence-corrected chi connectivity index (χ4v) is 5.23. The number of hydrogen-bond acceptors (Lipinski definition) is 4. The molecule has 1 N–H and O–H groups in total. The van der Waals surface area contributed by atoms with Crippen LogP contribution in [-0.2, 0) is 0 Å². The third-order valence-electron chi connectivity index (χ3n) is 6.86. The Bertz CT molecular complexity index is 1120. The van der Waals surface area contributed by atoms with Crippen molar-refractivity contribution in [3.63, 3.8) is 0 Å². The molecule has 0 spiro atoms. The zero-order valence-corrected chi connectivity index (χ0v) is 21.1. The van der Waals surface area contributed by atoms with Gasteiger partial charge in [0.05, 0.1) is 5.02 Å². The monoisotopic (exact) mass is 474 g/mol. The van der Waals surface area contributed by atoms with E-state index >= 15 is 0 Å². The Morgan fingerprint density at radius 2 is 1.74 bits per heavy atom. The van der Waals surface area contributed by atoms with Gasteiger partial charge in [-0.05, 0) is 49.3 Å². The molecule has 1 fully saturated rings. The van der Waals surface area contributed by atoms with Crippen LogP contribution in [0.4, 0.5) is 5.95 Å². The lowest BCUT2D eigenvalue weighted by atomic mass is 9.88. The number of halogens is 1. The molecule has 1 saturated carbocycles. The van der Waals surface area contributed by atoms with E-state index in [4.69, 9.17) is 26.6 Å². The second kappa shape index (κ2) is 11.6. The topological polar surface area (TPSA) is 50.7 Å². The third kappa shape index (κ3) is 5.67. The van der Waals surface area contributed by atoms with Crippen LogP contribution in [-0.4, -0.2) is 15.0 Å². The molecular formula is C29H35ClN4. The molecule has 1 aliphatic carbocycles. The number of hydrogen-bond donors (Lipinski definition) is 1. The minimum atomic E-state index is 0.355. The molecule has 0 bridgehead atoms. The molecule has 4 nitrogen and oxygen atoms in total. The molecule has 1 aromatic heterocycles. The maximum absolute atomic E-state index is 6.51. The molecule has 178 valence electrons. The van der Waals surface area contributed by atoms with Crippen molar-refractivity contribution < 1.29 is 0 Å². The highest BCUT2D eigenvalue weighted by atomic mass is 35.5. The first-order valence-corrected chi connectivity index (χ1v) is 13.0. The highest BCUT2D eigenvalue weighted by molar-refractivity contribution is 6.33. The van der Waals surface area contributed by atoms with E-state index in [0.717, 1.165) is 54.8 Å². The summed E-state index contributed by atoms with van der Waals surface area (Å²) in [7, 11) is 0. The van der Waals surface area contributed by atoms with E-state index < -0.39 is 0 Å². The summed E-state index contributed by atoms with van der Waals surface area (Å²) < 4.78 is 0. The largest absolute Gasteiger partial charge is 0.324 e. The zero-order valence-electron chi connectivity index (χ0n) is 20.4. The predicted octanol–water partition coefficient (Wildman–Crippen LogP) is 8.62. The summed E-state index contributed by atoms with van der Waals surface area (Å²) in [6.45, 7) is 8.88. The summed E-state index contributed by atoms with van der Waals surface area (Å²) in [5.41, 5.74) is 4.10. The summed E-state index contributed by atoms with van der Waals surface area (Å²) >= 11 is 6.51. The number of nitrogens with zero attached hydrogens (tertiary/aromatic N) is 3. The predicted molar refractivity (Wildman–Crippen MR) is 143 cm³/mol. The smallest absolute Gasteiger partial charge is 0.231 e. The summed E-state index contributed by atoms with van der Waals surface area (Å²) in [6.07, 6.45) is 9.38. The lowest BCUT2D eigenvalue weighted by molar-refractivity contribution is 0.428. The van der Waals surface area contributed by atoms with Crippen molar-refractivity contribution in [1.29, 1.82) is 0 Å². The second-order valence-electron chi connectivity index (χ2n) is 9.24. The zero-order chi connectivity index (χ0) is 23.9. The molecule has 1 heterocycles. The van der Waals surface area contributed by atoms with Crippen molar-refractivity contribution in [2.24, 2.45) is 0 Å². The van der Waals surface area contributed by atoms with Crippen LogP contribution in [0.5, 0.6) is 0 Å². The first-order valence-electron chi connectivity index (χ1n) is 12.7. The van der Waals surface area contributed by atoms with Gasteiger partial charge in [-0.1, -0.05) is 94.1 Å². The number of benzene rings is 2. The number of aromatic nitrogens is 3. The molecule has 34 heavy (non-hydrogen) atoms. The highest BCUT2D eigenvalue weighted by Gasteiger charge is 2.22. The van der Waals surface area contributed by atoms with Gasteiger partial charge in [0, 0.05) is 22.7 Å². The van der Waals surface area contributed by atoms with Crippen molar-refractivity contribution in [3.8, 4) is 11.4 Å². The summed E-state index contributed by atoms with van der Waals surface area (Å²) in [4.78, 5) is 14.5. The van der Waals surface area contributed by atoms with Crippen LogP contribution in [0.15, 0.2) is 55.1 Å². The van der Waals surface area contributed by atoms with Crippen LogP contribution in [0.2, 0.25) is 5.02 Å². The Hall–Kier alpha value is -2.72. The van der Waals surface area contributed by atoms with E-state index in [-0.39, 0.29) is 0 Å². The van der Waals surface area contributed by atoms with Crippen molar-refractivity contribution in [1.82, 2.24) is 15.0 Å². The molecule has 1 atom stereocenters. The van der Waals surface area contributed by atoms with E-state index in [9.17, 15) is 0 Å². The van der Waals surface area contributed by atoms with E-state index in [0.29, 0.717) is 28.6 Å². The molecule has 1 aliphatic rings. The Morgan fingerprint density at radius 3 is 2.47 bits per heavy atom. The third-order valence-corrected chi connectivity index (χ3v) is 7.19. The molecule has 0 aliphatic heterocycles. The molecule has 3 aromatic rings. The lowest BCUT2D eigenvalue weighted by Gasteiger charge is -2.22. The van der Waals surface area contributed by atoms with Crippen molar-refractivity contribution in [3.05, 3.63) is 77.1 Å². The van der Waals surface area contributed by atoms with E-state index in [1.165, 1.54) is 24.8 Å². The number of rotatable bonds is 9. The maximum atomic E-state index is 6.51. The first-order chi connectivity index (χ1) is 16.6. The van der Waals surface area contributed by atoms with Gasteiger partial charge >= 0.3 is 0 Å². The molecule has 2 aromatic carbocycles. The van der Waals surface area contributed by atoms with Gasteiger partial charge in [-0.2, -0.15) is 9.97 Å². The average molecular weight is 475 g/mol. The Morgan fingerprint density at radius 1 is 1.00 bits per heavy atom. The minimum Gasteiger partial charge on any atom is -0.324 e. The SMILES string of the molecule is C=C(Nc1nc(-c2ccccc2Cl)nc(C2CCCCC2)n1)c1ccccc1C(CC)CCC. The molecule has 5 heteroatoms. The van der Waals surface area contributed by atoms with Gasteiger partial charge < -0.3 is 5.32 Å². The van der Waals surface area contributed by atoms with Crippen LogP contribution in [0.25, 0.3) is 17.1 Å². The second-order valence-corrected chi connectivity index (χ2v) is 9.65. The van der Waals surface area contributed by atoms with Gasteiger partial charge in [-0.15, -0.1) is 0 Å². The first kappa shape index (κ1) is 24.4. The number of nitrogens with one attached hydrogen (secondary N) is 1. The van der Waals surface area contributed by atoms with Crippen molar-refractivity contribution in [2.75, 3.05) is 5.32 Å². The van der Waals surface area contributed by atoms with Crippen LogP contribution in [0.1, 0.15) is 94.0 Å². The number of anilines is 1. The molecule has 0 saturated heterocycles. The standard InChI is InChI=1S/C29H35ClN4/c1-4-13-21(5-2)24-17-10-9-16-23(24)20(3)31-29-33-27(22-14-7-6-8-15-22)32-28(34-29)25-18-11-12-19-26(25)30/h9-12,16-19,21-22H,3-8,13-15H2,1-2H3,(H,31,32,33,34). The van der Waals surface area contributed by atoms with Gasteiger partial charge in [-0.25, -0.2) is 4.98 Å². The highest BCUT2D eigenvalue weighted by Crippen LogP contribution is 2.34.